The number of para-hydroxylation sites is 1. The van der Waals surface area contributed by atoms with Crippen LogP contribution in [0.1, 0.15) is 12.5 Å². The Bertz CT molecular complexity index is 637. The third kappa shape index (κ3) is 4.01. The number of piperazine rings is 1. The van der Waals surface area contributed by atoms with Crippen LogP contribution in [0.3, 0.4) is 0 Å². The molecule has 0 saturated carbocycles. The zero-order valence-electron chi connectivity index (χ0n) is 14.6. The van der Waals surface area contributed by atoms with E-state index in [-0.39, 0.29) is 0 Å². The van der Waals surface area contributed by atoms with Crippen molar-refractivity contribution in [3.05, 3.63) is 54.1 Å². The first-order valence-corrected chi connectivity index (χ1v) is 8.73. The molecule has 1 N–H and O–H groups in total. The molecule has 0 amide bonds. The van der Waals surface area contributed by atoms with Crippen molar-refractivity contribution in [1.29, 1.82) is 0 Å². The molecule has 0 atom stereocenters. The molecule has 3 rings (SSSR count). The normalized spacial score (nSPS) is 15.3. The molecule has 24 heavy (non-hydrogen) atoms. The van der Waals surface area contributed by atoms with Crippen LogP contribution in [-0.2, 0) is 6.54 Å². The zero-order chi connectivity index (χ0) is 16.8. The lowest BCUT2D eigenvalue weighted by Crippen LogP contribution is -3.13. The molecule has 1 heterocycles. The topological polar surface area (TPSA) is 26.1 Å². The van der Waals surface area contributed by atoms with Crippen LogP contribution < -0.4 is 19.3 Å². The summed E-state index contributed by atoms with van der Waals surface area (Å²) in [5.74, 6) is 1.66. The maximum Gasteiger partial charge on any atom is 0.161 e. The second kappa shape index (κ2) is 8.06. The third-order valence-corrected chi connectivity index (χ3v) is 4.57. The number of hydrogen-bond donors (Lipinski definition) is 1. The van der Waals surface area contributed by atoms with E-state index in [4.69, 9.17) is 9.47 Å². The number of quaternary nitrogens is 1. The van der Waals surface area contributed by atoms with E-state index in [9.17, 15) is 0 Å². The second-order valence-electron chi connectivity index (χ2n) is 6.17. The highest BCUT2D eigenvalue weighted by molar-refractivity contribution is 5.46. The number of methoxy groups -OCH3 is 1. The largest absolute Gasteiger partial charge is 0.493 e. The van der Waals surface area contributed by atoms with Gasteiger partial charge in [-0.25, -0.2) is 0 Å². The van der Waals surface area contributed by atoms with Crippen LogP contribution in [0.25, 0.3) is 0 Å². The average molecular weight is 327 g/mol. The summed E-state index contributed by atoms with van der Waals surface area (Å²) < 4.78 is 11.1. The minimum absolute atomic E-state index is 0.655. The Balaban J connectivity index is 1.59. The molecule has 2 aromatic rings. The van der Waals surface area contributed by atoms with E-state index in [1.54, 1.807) is 12.0 Å². The molecular weight excluding hydrogens is 300 g/mol. The van der Waals surface area contributed by atoms with Crippen molar-refractivity contribution in [3.8, 4) is 11.5 Å². The van der Waals surface area contributed by atoms with Crippen molar-refractivity contribution in [3.63, 3.8) is 0 Å². The van der Waals surface area contributed by atoms with E-state index < -0.39 is 0 Å². The van der Waals surface area contributed by atoms with E-state index >= 15 is 0 Å². The van der Waals surface area contributed by atoms with E-state index in [1.807, 2.05) is 13.0 Å². The number of benzene rings is 2. The summed E-state index contributed by atoms with van der Waals surface area (Å²) in [5, 5.41) is 0. The molecule has 0 bridgehead atoms. The van der Waals surface area contributed by atoms with Crippen molar-refractivity contribution in [2.24, 2.45) is 0 Å². The first-order valence-electron chi connectivity index (χ1n) is 8.73. The number of hydrogen-bond acceptors (Lipinski definition) is 3. The van der Waals surface area contributed by atoms with Crippen LogP contribution >= 0.6 is 0 Å². The van der Waals surface area contributed by atoms with Gasteiger partial charge in [0.25, 0.3) is 0 Å². The summed E-state index contributed by atoms with van der Waals surface area (Å²) in [7, 11) is 1.69. The molecule has 1 aliphatic heterocycles. The number of nitrogens with zero attached hydrogens (tertiary/aromatic N) is 1. The SMILES string of the molecule is CCOc1cc(C[NH+]2CCN(c3ccccc3)CC2)ccc1OC. The van der Waals surface area contributed by atoms with Crippen LogP contribution in [0.2, 0.25) is 0 Å². The van der Waals surface area contributed by atoms with Gasteiger partial charge < -0.3 is 19.3 Å². The predicted molar refractivity (Wildman–Crippen MR) is 97.2 cm³/mol. The number of ether oxygens (including phenoxy) is 2. The average Bonchev–Trinajstić information content (AvgIpc) is 2.64. The fourth-order valence-corrected chi connectivity index (χ4v) is 3.28. The number of rotatable bonds is 6. The molecule has 0 spiro atoms. The predicted octanol–water partition coefficient (Wildman–Crippen LogP) is 2.00. The van der Waals surface area contributed by atoms with Gasteiger partial charge >= 0.3 is 0 Å². The van der Waals surface area contributed by atoms with Gasteiger partial charge in [-0.3, -0.25) is 0 Å². The molecule has 0 unspecified atom stereocenters. The van der Waals surface area contributed by atoms with Gasteiger partial charge in [0.05, 0.1) is 39.9 Å². The molecule has 0 aromatic heterocycles. The highest BCUT2D eigenvalue weighted by Gasteiger charge is 2.20. The van der Waals surface area contributed by atoms with Crippen LogP contribution in [0.15, 0.2) is 48.5 Å². The molecule has 0 aliphatic carbocycles. The molecule has 1 fully saturated rings. The Morgan fingerprint density at radius 3 is 2.42 bits per heavy atom. The fourth-order valence-electron chi connectivity index (χ4n) is 3.28. The maximum absolute atomic E-state index is 5.69. The lowest BCUT2D eigenvalue weighted by molar-refractivity contribution is -0.914. The Hall–Kier alpha value is -2.20. The van der Waals surface area contributed by atoms with Gasteiger partial charge in [0.15, 0.2) is 11.5 Å². The van der Waals surface area contributed by atoms with Crippen LogP contribution in [-0.4, -0.2) is 39.9 Å². The summed E-state index contributed by atoms with van der Waals surface area (Å²) in [6, 6.07) is 17.0. The Kier molecular flexibility index (Phi) is 5.59. The van der Waals surface area contributed by atoms with E-state index in [0.717, 1.165) is 44.2 Å². The molecule has 4 nitrogen and oxygen atoms in total. The molecule has 4 heteroatoms. The van der Waals surface area contributed by atoms with Crippen molar-refractivity contribution in [2.75, 3.05) is 44.8 Å². The summed E-state index contributed by atoms with van der Waals surface area (Å²) in [6.07, 6.45) is 0. The van der Waals surface area contributed by atoms with Crippen LogP contribution in [0, 0.1) is 0 Å². The molecular formula is C20H27N2O2+. The van der Waals surface area contributed by atoms with Crippen molar-refractivity contribution in [1.82, 2.24) is 0 Å². The van der Waals surface area contributed by atoms with Crippen LogP contribution in [0.4, 0.5) is 5.69 Å². The highest BCUT2D eigenvalue weighted by Crippen LogP contribution is 2.27. The van der Waals surface area contributed by atoms with Gasteiger partial charge in [0.2, 0.25) is 0 Å². The highest BCUT2D eigenvalue weighted by atomic mass is 16.5. The van der Waals surface area contributed by atoms with Crippen molar-refractivity contribution < 1.29 is 14.4 Å². The van der Waals surface area contributed by atoms with Crippen LogP contribution in [0.5, 0.6) is 11.5 Å². The first-order chi connectivity index (χ1) is 11.8. The molecule has 1 aliphatic rings. The lowest BCUT2D eigenvalue weighted by Gasteiger charge is -2.33. The molecule has 128 valence electrons. The second-order valence-corrected chi connectivity index (χ2v) is 6.17. The Morgan fingerprint density at radius 2 is 1.75 bits per heavy atom. The summed E-state index contributed by atoms with van der Waals surface area (Å²) in [5.41, 5.74) is 2.64. The van der Waals surface area contributed by atoms with E-state index in [1.165, 1.54) is 11.3 Å². The number of nitrogens with one attached hydrogen (secondary N) is 1. The van der Waals surface area contributed by atoms with Crippen molar-refractivity contribution in [2.45, 2.75) is 13.5 Å². The van der Waals surface area contributed by atoms with Gasteiger partial charge in [-0.2, -0.15) is 0 Å². The van der Waals surface area contributed by atoms with Gasteiger partial charge in [0, 0.05) is 11.3 Å². The molecule has 1 saturated heterocycles. The van der Waals surface area contributed by atoms with Crippen molar-refractivity contribution >= 4 is 5.69 Å². The monoisotopic (exact) mass is 327 g/mol. The smallest absolute Gasteiger partial charge is 0.161 e. The zero-order valence-corrected chi connectivity index (χ0v) is 14.6. The summed E-state index contributed by atoms with van der Waals surface area (Å²) >= 11 is 0. The summed E-state index contributed by atoms with van der Waals surface area (Å²) in [6.45, 7) is 8.21. The molecule has 0 radical (unpaired) electrons. The molecule has 2 aromatic carbocycles. The number of anilines is 1. The van der Waals surface area contributed by atoms with Gasteiger partial charge in [-0.1, -0.05) is 18.2 Å². The summed E-state index contributed by atoms with van der Waals surface area (Å²) in [4.78, 5) is 4.10. The Morgan fingerprint density at radius 1 is 1.00 bits per heavy atom. The fraction of sp³-hybridized carbons (Fsp3) is 0.400. The Labute approximate surface area is 144 Å². The van der Waals surface area contributed by atoms with Gasteiger partial charge in [-0.15, -0.1) is 0 Å². The van der Waals surface area contributed by atoms with E-state index in [0.29, 0.717) is 6.61 Å². The minimum atomic E-state index is 0.655. The first kappa shape index (κ1) is 16.7. The maximum atomic E-state index is 5.69. The third-order valence-electron chi connectivity index (χ3n) is 4.57. The van der Waals surface area contributed by atoms with Gasteiger partial charge in [0.1, 0.15) is 6.54 Å². The van der Waals surface area contributed by atoms with E-state index in [2.05, 4.69) is 47.4 Å². The standard InChI is InChI=1S/C20H26N2O2/c1-3-24-20-15-17(9-10-19(20)23-2)16-21-11-13-22(14-12-21)18-7-5-4-6-8-18/h4-10,15H,3,11-14,16H2,1-2H3/p+1. The quantitative estimate of drug-likeness (QED) is 0.879. The lowest BCUT2D eigenvalue weighted by atomic mass is 10.1. The van der Waals surface area contributed by atoms with Gasteiger partial charge in [-0.05, 0) is 37.3 Å². The minimum Gasteiger partial charge on any atom is -0.493 e.